The van der Waals surface area contributed by atoms with Crippen molar-refractivity contribution in [3.8, 4) is 0 Å². The summed E-state index contributed by atoms with van der Waals surface area (Å²) >= 11 is 6.00. The molecule has 1 unspecified atom stereocenters. The predicted octanol–water partition coefficient (Wildman–Crippen LogP) is 4.19. The van der Waals surface area contributed by atoms with Gasteiger partial charge in [-0.25, -0.2) is 0 Å². The molecule has 5 nitrogen and oxygen atoms in total. The summed E-state index contributed by atoms with van der Waals surface area (Å²) in [7, 11) is 0. The van der Waals surface area contributed by atoms with Gasteiger partial charge < -0.3 is 5.32 Å². The van der Waals surface area contributed by atoms with Crippen LogP contribution in [0.2, 0.25) is 5.02 Å². The molecule has 1 N–H and O–H groups in total. The van der Waals surface area contributed by atoms with Gasteiger partial charge in [0.15, 0.2) is 0 Å². The highest BCUT2D eigenvalue weighted by Crippen LogP contribution is 2.27. The summed E-state index contributed by atoms with van der Waals surface area (Å²) in [5, 5.41) is 3.25. The number of carbonyl (C=O) groups excluding carboxylic acids is 3. The van der Waals surface area contributed by atoms with Crippen LogP contribution in [0.25, 0.3) is 0 Å². The van der Waals surface area contributed by atoms with Crippen molar-refractivity contribution in [2.24, 2.45) is 0 Å². The minimum Gasteiger partial charge on any atom is -0.324 e. The molecule has 1 heterocycles. The average molecular weight is 405 g/mol. The van der Waals surface area contributed by atoms with E-state index in [1.54, 1.807) is 48.5 Å². The van der Waals surface area contributed by atoms with Gasteiger partial charge in [0, 0.05) is 17.1 Å². The Morgan fingerprint density at radius 1 is 0.862 bits per heavy atom. The van der Waals surface area contributed by atoms with Crippen LogP contribution in [0.4, 0.5) is 5.69 Å². The second-order valence-corrected chi connectivity index (χ2v) is 7.17. The fraction of sp³-hybridized carbons (Fsp3) is 0.0870. The van der Waals surface area contributed by atoms with E-state index in [2.05, 4.69) is 5.32 Å². The summed E-state index contributed by atoms with van der Waals surface area (Å²) in [5.74, 6) is -1.38. The first-order valence-electron chi connectivity index (χ1n) is 9.12. The van der Waals surface area contributed by atoms with Crippen molar-refractivity contribution in [3.63, 3.8) is 0 Å². The molecule has 0 saturated carbocycles. The lowest BCUT2D eigenvalue weighted by Gasteiger charge is -2.25. The first kappa shape index (κ1) is 18.9. The number of halogens is 1. The number of hydrogen-bond acceptors (Lipinski definition) is 3. The Bertz CT molecular complexity index is 1060. The third kappa shape index (κ3) is 3.77. The van der Waals surface area contributed by atoms with Crippen LogP contribution >= 0.6 is 11.6 Å². The maximum atomic E-state index is 13.2. The van der Waals surface area contributed by atoms with Gasteiger partial charge in [-0.05, 0) is 35.9 Å². The minimum absolute atomic E-state index is 0.207. The largest absolute Gasteiger partial charge is 0.324 e. The summed E-state index contributed by atoms with van der Waals surface area (Å²) in [6.45, 7) is 0. The quantitative estimate of drug-likeness (QED) is 0.648. The molecule has 1 atom stereocenters. The standard InChI is InChI=1S/C23H17ClN2O3/c24-16-9-6-10-17(14-16)25-21(27)20(13-15-7-2-1-3-8-15)26-22(28)18-11-4-5-12-19(18)23(26)29/h1-12,14,20H,13H2,(H,25,27). The molecule has 0 fully saturated rings. The fourth-order valence-electron chi connectivity index (χ4n) is 3.42. The van der Waals surface area contributed by atoms with E-state index in [0.717, 1.165) is 10.5 Å². The number of nitrogens with one attached hydrogen (secondary N) is 1. The Morgan fingerprint density at radius 3 is 2.10 bits per heavy atom. The molecule has 144 valence electrons. The zero-order valence-corrected chi connectivity index (χ0v) is 16.1. The van der Waals surface area contributed by atoms with Crippen LogP contribution in [0.1, 0.15) is 26.3 Å². The number of hydrogen-bond donors (Lipinski definition) is 1. The zero-order valence-electron chi connectivity index (χ0n) is 15.3. The first-order chi connectivity index (χ1) is 14.0. The van der Waals surface area contributed by atoms with Gasteiger partial charge in [-0.15, -0.1) is 0 Å². The van der Waals surface area contributed by atoms with E-state index in [0.29, 0.717) is 21.8 Å². The van der Waals surface area contributed by atoms with Crippen molar-refractivity contribution in [3.05, 3.63) is 101 Å². The molecule has 6 heteroatoms. The summed E-state index contributed by atoms with van der Waals surface area (Å²) in [6, 6.07) is 21.6. The van der Waals surface area contributed by atoms with Crippen LogP contribution in [0.5, 0.6) is 0 Å². The third-order valence-electron chi connectivity index (χ3n) is 4.80. The van der Waals surface area contributed by atoms with E-state index in [1.165, 1.54) is 0 Å². The summed E-state index contributed by atoms with van der Waals surface area (Å²) < 4.78 is 0. The van der Waals surface area contributed by atoms with Crippen molar-refractivity contribution in [2.75, 3.05) is 5.32 Å². The molecule has 0 aliphatic carbocycles. The van der Waals surface area contributed by atoms with E-state index in [-0.39, 0.29) is 6.42 Å². The Kier molecular flexibility index (Phi) is 5.14. The summed E-state index contributed by atoms with van der Waals surface area (Å²) in [6.07, 6.45) is 0.207. The molecule has 0 spiro atoms. The van der Waals surface area contributed by atoms with Crippen molar-refractivity contribution in [2.45, 2.75) is 12.5 Å². The Balaban J connectivity index is 1.68. The zero-order chi connectivity index (χ0) is 20.4. The number of rotatable bonds is 5. The average Bonchev–Trinajstić information content (AvgIpc) is 2.98. The molecular weight excluding hydrogens is 388 g/mol. The van der Waals surface area contributed by atoms with Crippen molar-refractivity contribution in [1.29, 1.82) is 0 Å². The van der Waals surface area contributed by atoms with E-state index >= 15 is 0 Å². The molecule has 1 aliphatic rings. The number of imide groups is 1. The monoisotopic (exact) mass is 404 g/mol. The lowest BCUT2D eigenvalue weighted by Crippen LogP contribution is -2.48. The van der Waals surface area contributed by atoms with E-state index < -0.39 is 23.8 Å². The lowest BCUT2D eigenvalue weighted by atomic mass is 10.0. The Hall–Kier alpha value is -3.44. The Morgan fingerprint density at radius 2 is 1.48 bits per heavy atom. The highest BCUT2D eigenvalue weighted by molar-refractivity contribution is 6.31. The maximum Gasteiger partial charge on any atom is 0.262 e. The van der Waals surface area contributed by atoms with Crippen LogP contribution in [0.15, 0.2) is 78.9 Å². The van der Waals surface area contributed by atoms with Gasteiger partial charge in [0.25, 0.3) is 11.8 Å². The number of benzene rings is 3. The molecular formula is C23H17ClN2O3. The fourth-order valence-corrected chi connectivity index (χ4v) is 3.61. The number of anilines is 1. The van der Waals surface area contributed by atoms with E-state index in [1.807, 2.05) is 30.3 Å². The highest BCUT2D eigenvalue weighted by Gasteiger charge is 2.42. The molecule has 0 bridgehead atoms. The van der Waals surface area contributed by atoms with E-state index in [9.17, 15) is 14.4 Å². The van der Waals surface area contributed by atoms with E-state index in [4.69, 9.17) is 11.6 Å². The van der Waals surface area contributed by atoms with Gasteiger partial charge in [0.05, 0.1) is 11.1 Å². The van der Waals surface area contributed by atoms with Gasteiger partial charge in [-0.3, -0.25) is 19.3 Å². The van der Waals surface area contributed by atoms with Gasteiger partial charge >= 0.3 is 0 Å². The highest BCUT2D eigenvalue weighted by atomic mass is 35.5. The molecule has 0 aromatic heterocycles. The minimum atomic E-state index is -0.996. The molecule has 4 rings (SSSR count). The van der Waals surface area contributed by atoms with Gasteiger partial charge in [-0.1, -0.05) is 60.1 Å². The van der Waals surface area contributed by atoms with Crippen molar-refractivity contribution < 1.29 is 14.4 Å². The van der Waals surface area contributed by atoms with Crippen molar-refractivity contribution in [1.82, 2.24) is 4.90 Å². The van der Waals surface area contributed by atoms with Crippen LogP contribution < -0.4 is 5.32 Å². The number of amides is 3. The van der Waals surface area contributed by atoms with Crippen LogP contribution in [-0.4, -0.2) is 28.7 Å². The van der Waals surface area contributed by atoms with Crippen LogP contribution in [-0.2, 0) is 11.2 Å². The first-order valence-corrected chi connectivity index (χ1v) is 9.49. The summed E-state index contributed by atoms with van der Waals surface area (Å²) in [5.41, 5.74) is 1.96. The SMILES string of the molecule is O=C(Nc1cccc(Cl)c1)C(Cc1ccccc1)N1C(=O)c2ccccc2C1=O. The second kappa shape index (κ2) is 7.89. The van der Waals surface area contributed by atoms with Gasteiger partial charge in [-0.2, -0.15) is 0 Å². The van der Waals surface area contributed by atoms with Gasteiger partial charge in [0.2, 0.25) is 5.91 Å². The lowest BCUT2D eigenvalue weighted by molar-refractivity contribution is -0.119. The van der Waals surface area contributed by atoms with Gasteiger partial charge in [0.1, 0.15) is 6.04 Å². The second-order valence-electron chi connectivity index (χ2n) is 6.73. The number of nitrogens with zero attached hydrogens (tertiary/aromatic N) is 1. The normalized spacial score (nSPS) is 13.9. The molecule has 0 radical (unpaired) electrons. The van der Waals surface area contributed by atoms with Crippen molar-refractivity contribution >= 4 is 35.0 Å². The maximum absolute atomic E-state index is 13.2. The van der Waals surface area contributed by atoms with Crippen LogP contribution in [0, 0.1) is 0 Å². The molecule has 3 amide bonds. The third-order valence-corrected chi connectivity index (χ3v) is 5.04. The predicted molar refractivity (Wildman–Crippen MR) is 111 cm³/mol. The van der Waals surface area contributed by atoms with Crippen LogP contribution in [0.3, 0.4) is 0 Å². The summed E-state index contributed by atoms with van der Waals surface area (Å²) in [4.78, 5) is 40.1. The number of fused-ring (bicyclic) bond motifs is 1. The topological polar surface area (TPSA) is 66.5 Å². The molecule has 0 saturated heterocycles. The Labute approximate surface area is 172 Å². The molecule has 3 aromatic carbocycles. The number of carbonyl (C=O) groups is 3. The molecule has 1 aliphatic heterocycles. The smallest absolute Gasteiger partial charge is 0.262 e. The molecule has 29 heavy (non-hydrogen) atoms. The molecule has 3 aromatic rings.